The molecule has 0 saturated heterocycles. The van der Waals surface area contributed by atoms with Gasteiger partial charge in [0.25, 0.3) is 0 Å². The largest absolute Gasteiger partial charge is 0.370 e. The maximum absolute atomic E-state index is 5.72. The van der Waals surface area contributed by atoms with Crippen molar-refractivity contribution in [2.75, 3.05) is 7.11 Å². The number of rotatable bonds is 3. The van der Waals surface area contributed by atoms with E-state index >= 15 is 0 Å². The van der Waals surface area contributed by atoms with E-state index in [4.69, 9.17) is 17.0 Å². The molecule has 17 heavy (non-hydrogen) atoms. The van der Waals surface area contributed by atoms with Crippen LogP contribution in [0.1, 0.15) is 44.1 Å². The second-order valence-electron chi connectivity index (χ2n) is 4.44. The minimum Gasteiger partial charge on any atom is -0.370 e. The molecule has 1 fully saturated rings. The molecule has 1 heterocycles. The van der Waals surface area contributed by atoms with Gasteiger partial charge in [-0.2, -0.15) is 0 Å². The van der Waals surface area contributed by atoms with Gasteiger partial charge in [0.15, 0.2) is 0 Å². The Kier molecular flexibility index (Phi) is 4.00. The van der Waals surface area contributed by atoms with E-state index in [-0.39, 0.29) is 5.60 Å². The van der Waals surface area contributed by atoms with E-state index in [2.05, 4.69) is 32.8 Å². The zero-order valence-electron chi connectivity index (χ0n) is 10.2. The third-order valence-corrected chi connectivity index (χ3v) is 4.93. The quantitative estimate of drug-likeness (QED) is 0.860. The molecule has 0 radical (unpaired) electrons. The van der Waals surface area contributed by atoms with Crippen LogP contribution in [0.4, 0.5) is 0 Å². The lowest BCUT2D eigenvalue weighted by Crippen LogP contribution is -2.28. The monoisotopic (exact) mass is 316 g/mol. The molecule has 2 rings (SSSR count). The SMILES string of the molecule is CCc1[nH]c(C2(OC)CCCC2)nc(=S)c1Br. The number of nitrogens with zero attached hydrogens (tertiary/aromatic N) is 1. The maximum Gasteiger partial charge on any atom is 0.144 e. The highest BCUT2D eigenvalue weighted by molar-refractivity contribution is 9.10. The number of hydrogen-bond acceptors (Lipinski definition) is 3. The van der Waals surface area contributed by atoms with Gasteiger partial charge in [-0.15, -0.1) is 0 Å². The van der Waals surface area contributed by atoms with Gasteiger partial charge in [0, 0.05) is 12.8 Å². The molecule has 1 aromatic heterocycles. The number of H-pyrrole nitrogens is 1. The third-order valence-electron chi connectivity index (χ3n) is 3.52. The first-order chi connectivity index (χ1) is 8.13. The van der Waals surface area contributed by atoms with Crippen LogP contribution in [0.15, 0.2) is 4.47 Å². The van der Waals surface area contributed by atoms with E-state index in [0.717, 1.165) is 35.3 Å². The molecule has 1 aliphatic rings. The van der Waals surface area contributed by atoms with Gasteiger partial charge in [0.1, 0.15) is 16.1 Å². The molecule has 0 spiro atoms. The summed E-state index contributed by atoms with van der Waals surface area (Å²) in [4.78, 5) is 7.88. The van der Waals surface area contributed by atoms with Crippen molar-refractivity contribution in [2.24, 2.45) is 0 Å². The predicted molar refractivity (Wildman–Crippen MR) is 73.7 cm³/mol. The molecule has 1 saturated carbocycles. The second kappa shape index (κ2) is 5.16. The summed E-state index contributed by atoms with van der Waals surface area (Å²) in [7, 11) is 1.76. The molecule has 1 N–H and O–H groups in total. The number of nitrogens with one attached hydrogen (secondary N) is 1. The average molecular weight is 317 g/mol. The van der Waals surface area contributed by atoms with E-state index in [1.807, 2.05) is 0 Å². The van der Waals surface area contributed by atoms with Crippen molar-refractivity contribution >= 4 is 28.1 Å². The number of aromatic nitrogens is 2. The number of ether oxygens (including phenoxy) is 1. The first-order valence-electron chi connectivity index (χ1n) is 5.97. The van der Waals surface area contributed by atoms with E-state index in [0.29, 0.717) is 4.64 Å². The number of halogens is 1. The standard InChI is InChI=1S/C12H17BrN2OS/c1-3-8-9(13)10(17)15-11(14-8)12(16-2)6-4-5-7-12/h3-7H2,1-2H3,(H,14,15,17). The zero-order valence-corrected chi connectivity index (χ0v) is 12.6. The van der Waals surface area contributed by atoms with Crippen molar-refractivity contribution in [2.45, 2.75) is 44.6 Å². The molecule has 0 unspecified atom stereocenters. The molecule has 1 aliphatic carbocycles. The number of aromatic amines is 1. The fourth-order valence-corrected chi connectivity index (χ4v) is 3.13. The van der Waals surface area contributed by atoms with Gasteiger partial charge < -0.3 is 9.72 Å². The van der Waals surface area contributed by atoms with E-state index in [1.165, 1.54) is 12.8 Å². The van der Waals surface area contributed by atoms with Gasteiger partial charge in [-0.05, 0) is 48.0 Å². The van der Waals surface area contributed by atoms with E-state index in [9.17, 15) is 0 Å². The average Bonchev–Trinajstić information content (AvgIpc) is 2.82. The highest BCUT2D eigenvalue weighted by Gasteiger charge is 2.38. The van der Waals surface area contributed by atoms with Crippen molar-refractivity contribution in [3.8, 4) is 0 Å². The van der Waals surface area contributed by atoms with Gasteiger partial charge in [0.2, 0.25) is 0 Å². The molecule has 0 amide bonds. The first kappa shape index (κ1) is 13.2. The summed E-state index contributed by atoms with van der Waals surface area (Å²) in [5.74, 6) is 0.891. The van der Waals surface area contributed by atoms with E-state index < -0.39 is 0 Å². The van der Waals surface area contributed by atoms with Gasteiger partial charge in [-0.1, -0.05) is 19.1 Å². The van der Waals surface area contributed by atoms with Gasteiger partial charge >= 0.3 is 0 Å². The molecule has 5 heteroatoms. The van der Waals surface area contributed by atoms with Gasteiger partial charge in [-0.3, -0.25) is 0 Å². The third kappa shape index (κ3) is 2.33. The molecule has 0 bridgehead atoms. The van der Waals surface area contributed by atoms with E-state index in [1.54, 1.807) is 7.11 Å². The highest BCUT2D eigenvalue weighted by Crippen LogP contribution is 2.40. The summed E-state index contributed by atoms with van der Waals surface area (Å²) in [5, 5.41) is 0. The van der Waals surface area contributed by atoms with Crippen LogP contribution in [0.3, 0.4) is 0 Å². The smallest absolute Gasteiger partial charge is 0.144 e. The van der Waals surface area contributed by atoms with Crippen LogP contribution in [0.5, 0.6) is 0 Å². The number of aryl methyl sites for hydroxylation is 1. The Morgan fingerprint density at radius 1 is 1.47 bits per heavy atom. The summed E-state index contributed by atoms with van der Waals surface area (Å²) in [6, 6.07) is 0. The number of hydrogen-bond donors (Lipinski definition) is 1. The Morgan fingerprint density at radius 2 is 2.12 bits per heavy atom. The Balaban J connectivity index is 2.52. The maximum atomic E-state index is 5.72. The highest BCUT2D eigenvalue weighted by atomic mass is 79.9. The van der Waals surface area contributed by atoms with Gasteiger partial charge in [0.05, 0.1) is 4.47 Å². The lowest BCUT2D eigenvalue weighted by molar-refractivity contribution is -0.0165. The van der Waals surface area contributed by atoms with Gasteiger partial charge in [-0.25, -0.2) is 4.98 Å². The fraction of sp³-hybridized carbons (Fsp3) is 0.667. The first-order valence-corrected chi connectivity index (χ1v) is 7.17. The normalized spacial score (nSPS) is 18.5. The minimum absolute atomic E-state index is 0.252. The summed E-state index contributed by atoms with van der Waals surface area (Å²) in [6.07, 6.45) is 5.32. The topological polar surface area (TPSA) is 37.9 Å². The molecule has 0 aromatic carbocycles. The van der Waals surface area contributed by atoms with Crippen molar-refractivity contribution < 1.29 is 4.74 Å². The molecular formula is C12H17BrN2OS. The van der Waals surface area contributed by atoms with Crippen molar-refractivity contribution in [3.05, 3.63) is 20.6 Å². The summed E-state index contributed by atoms with van der Waals surface area (Å²) in [6.45, 7) is 2.10. The van der Waals surface area contributed by atoms with Crippen LogP contribution in [-0.4, -0.2) is 17.1 Å². The zero-order chi connectivity index (χ0) is 12.5. The van der Waals surface area contributed by atoms with Crippen molar-refractivity contribution in [1.82, 2.24) is 9.97 Å². The Labute approximate surface area is 115 Å². The van der Waals surface area contributed by atoms with Crippen LogP contribution in [0.25, 0.3) is 0 Å². The van der Waals surface area contributed by atoms with Crippen LogP contribution in [0, 0.1) is 4.64 Å². The Morgan fingerprint density at radius 3 is 2.65 bits per heavy atom. The molecule has 94 valence electrons. The molecule has 3 nitrogen and oxygen atoms in total. The second-order valence-corrected chi connectivity index (χ2v) is 5.62. The van der Waals surface area contributed by atoms with Crippen LogP contribution in [0.2, 0.25) is 0 Å². The van der Waals surface area contributed by atoms with Crippen molar-refractivity contribution in [3.63, 3.8) is 0 Å². The number of methoxy groups -OCH3 is 1. The summed E-state index contributed by atoms with van der Waals surface area (Å²) >= 11 is 8.78. The van der Waals surface area contributed by atoms with Crippen LogP contribution in [-0.2, 0) is 16.8 Å². The van der Waals surface area contributed by atoms with Crippen LogP contribution < -0.4 is 0 Å². The van der Waals surface area contributed by atoms with Crippen molar-refractivity contribution in [1.29, 1.82) is 0 Å². The molecule has 0 aliphatic heterocycles. The molecule has 1 aromatic rings. The summed E-state index contributed by atoms with van der Waals surface area (Å²) < 4.78 is 7.25. The summed E-state index contributed by atoms with van der Waals surface area (Å²) in [5.41, 5.74) is 0.848. The lowest BCUT2D eigenvalue weighted by atomic mass is 10.0. The molecule has 0 atom stereocenters. The lowest BCUT2D eigenvalue weighted by Gasteiger charge is -2.27. The Hall–Kier alpha value is -0.260. The van der Waals surface area contributed by atoms with Crippen LogP contribution >= 0.6 is 28.1 Å². The minimum atomic E-state index is -0.252. The predicted octanol–water partition coefficient (Wildman–Crippen LogP) is 3.88. The Bertz CT molecular complexity index is 466. The molecular weight excluding hydrogens is 300 g/mol. The fourth-order valence-electron chi connectivity index (χ4n) is 2.45.